The van der Waals surface area contributed by atoms with Gasteiger partial charge in [0.2, 0.25) is 0 Å². The molecule has 124 valence electrons. The standard InChI is InChI=1S/C15H17F2N3O2S/c1-3-6-20-13(8-21)18-19-15(20)23-9(2)14(22)11-7-10(16)4-5-12(11)17/h4-5,7,9,21H,3,6,8H2,1-2H3. The van der Waals surface area contributed by atoms with Gasteiger partial charge in [-0.1, -0.05) is 18.7 Å². The van der Waals surface area contributed by atoms with E-state index in [2.05, 4.69) is 10.2 Å². The third kappa shape index (κ3) is 3.94. The molecule has 0 radical (unpaired) electrons. The van der Waals surface area contributed by atoms with Gasteiger partial charge in [-0.25, -0.2) is 8.78 Å². The van der Waals surface area contributed by atoms with E-state index in [9.17, 15) is 18.7 Å². The van der Waals surface area contributed by atoms with E-state index in [4.69, 9.17) is 0 Å². The highest BCUT2D eigenvalue weighted by atomic mass is 32.2. The van der Waals surface area contributed by atoms with Crippen molar-refractivity contribution in [3.05, 3.63) is 41.2 Å². The minimum atomic E-state index is -0.755. The van der Waals surface area contributed by atoms with Gasteiger partial charge in [-0.15, -0.1) is 10.2 Å². The average molecular weight is 341 g/mol. The summed E-state index contributed by atoms with van der Waals surface area (Å²) in [5.41, 5.74) is -0.283. The van der Waals surface area contributed by atoms with Crippen molar-refractivity contribution in [2.75, 3.05) is 0 Å². The molecular formula is C15H17F2N3O2S. The molecule has 0 aliphatic carbocycles. The molecule has 1 unspecified atom stereocenters. The number of ketones is 1. The van der Waals surface area contributed by atoms with Crippen LogP contribution in [0.25, 0.3) is 0 Å². The van der Waals surface area contributed by atoms with Crippen molar-refractivity contribution in [2.45, 2.75) is 43.8 Å². The third-order valence-corrected chi connectivity index (χ3v) is 4.31. The number of hydrogen-bond acceptors (Lipinski definition) is 5. The first-order valence-corrected chi connectivity index (χ1v) is 8.04. The molecule has 1 N–H and O–H groups in total. The van der Waals surface area contributed by atoms with Crippen molar-refractivity contribution < 1.29 is 18.7 Å². The van der Waals surface area contributed by atoms with Gasteiger partial charge in [-0.3, -0.25) is 4.79 Å². The van der Waals surface area contributed by atoms with Crippen molar-refractivity contribution in [3.63, 3.8) is 0 Å². The molecule has 0 fully saturated rings. The SMILES string of the molecule is CCCn1c(CO)nnc1SC(C)C(=O)c1cc(F)ccc1F. The van der Waals surface area contributed by atoms with Crippen LogP contribution in [0.5, 0.6) is 0 Å². The number of rotatable bonds is 7. The number of aliphatic hydroxyl groups is 1. The van der Waals surface area contributed by atoms with Gasteiger partial charge in [0.25, 0.3) is 0 Å². The molecule has 0 spiro atoms. The summed E-state index contributed by atoms with van der Waals surface area (Å²) in [5, 5.41) is 16.9. The monoisotopic (exact) mass is 341 g/mol. The van der Waals surface area contributed by atoms with Crippen LogP contribution in [0.15, 0.2) is 23.4 Å². The zero-order valence-electron chi connectivity index (χ0n) is 12.8. The lowest BCUT2D eigenvalue weighted by atomic mass is 10.1. The minimum Gasteiger partial charge on any atom is -0.388 e. The highest BCUT2D eigenvalue weighted by Crippen LogP contribution is 2.26. The van der Waals surface area contributed by atoms with Gasteiger partial charge in [0.15, 0.2) is 16.8 Å². The molecule has 2 aromatic rings. The van der Waals surface area contributed by atoms with Crippen LogP contribution < -0.4 is 0 Å². The number of thioether (sulfide) groups is 1. The minimum absolute atomic E-state index is 0.256. The maximum absolute atomic E-state index is 13.7. The average Bonchev–Trinajstić information content (AvgIpc) is 2.91. The Balaban J connectivity index is 2.21. The maximum Gasteiger partial charge on any atom is 0.191 e. The Hall–Kier alpha value is -1.80. The van der Waals surface area contributed by atoms with E-state index in [1.165, 1.54) is 0 Å². The molecule has 23 heavy (non-hydrogen) atoms. The van der Waals surface area contributed by atoms with E-state index in [1.807, 2.05) is 6.92 Å². The van der Waals surface area contributed by atoms with Gasteiger partial charge in [0, 0.05) is 6.54 Å². The lowest BCUT2D eigenvalue weighted by Gasteiger charge is -2.12. The van der Waals surface area contributed by atoms with Crippen LogP contribution in [0.1, 0.15) is 36.5 Å². The Morgan fingerprint density at radius 3 is 2.78 bits per heavy atom. The number of carbonyl (C=O) groups is 1. The molecule has 1 aromatic carbocycles. The molecule has 0 bridgehead atoms. The van der Waals surface area contributed by atoms with Gasteiger partial charge >= 0.3 is 0 Å². The second-order valence-corrected chi connectivity index (χ2v) is 6.27. The Morgan fingerprint density at radius 2 is 2.13 bits per heavy atom. The van der Waals surface area contributed by atoms with Gasteiger partial charge in [0.1, 0.15) is 18.2 Å². The van der Waals surface area contributed by atoms with Crippen molar-refractivity contribution in [1.82, 2.24) is 14.8 Å². The number of hydrogen-bond donors (Lipinski definition) is 1. The molecule has 5 nitrogen and oxygen atoms in total. The van der Waals surface area contributed by atoms with Crippen LogP contribution in [-0.2, 0) is 13.2 Å². The van der Waals surface area contributed by atoms with Crippen LogP contribution in [0.3, 0.4) is 0 Å². The van der Waals surface area contributed by atoms with Crippen LogP contribution >= 0.6 is 11.8 Å². The number of nitrogens with zero attached hydrogens (tertiary/aromatic N) is 3. The molecule has 0 aliphatic heterocycles. The molecular weight excluding hydrogens is 324 g/mol. The topological polar surface area (TPSA) is 68.0 Å². The Kier molecular flexibility index (Phi) is 5.84. The van der Waals surface area contributed by atoms with Gasteiger partial charge in [0.05, 0.1) is 10.8 Å². The van der Waals surface area contributed by atoms with E-state index in [1.54, 1.807) is 11.5 Å². The molecule has 1 aromatic heterocycles. The molecule has 0 aliphatic rings. The smallest absolute Gasteiger partial charge is 0.191 e. The van der Waals surface area contributed by atoms with Gasteiger partial charge < -0.3 is 9.67 Å². The molecule has 0 saturated carbocycles. The second-order valence-electron chi connectivity index (χ2n) is 4.96. The lowest BCUT2D eigenvalue weighted by Crippen LogP contribution is -2.17. The summed E-state index contributed by atoms with van der Waals surface area (Å²) in [6, 6.07) is 2.80. The van der Waals surface area contributed by atoms with Crippen LogP contribution in [0.4, 0.5) is 8.78 Å². The summed E-state index contributed by atoms with van der Waals surface area (Å²) < 4.78 is 28.7. The molecule has 8 heteroatoms. The lowest BCUT2D eigenvalue weighted by molar-refractivity contribution is 0.0989. The third-order valence-electron chi connectivity index (χ3n) is 3.23. The number of aliphatic hydroxyl groups excluding tert-OH is 1. The normalized spacial score (nSPS) is 12.4. The summed E-state index contributed by atoms with van der Waals surface area (Å²) in [7, 11) is 0. The van der Waals surface area contributed by atoms with Gasteiger partial charge in [-0.2, -0.15) is 0 Å². The van der Waals surface area contributed by atoms with Crippen molar-refractivity contribution in [3.8, 4) is 0 Å². The zero-order valence-corrected chi connectivity index (χ0v) is 13.6. The summed E-state index contributed by atoms with van der Waals surface area (Å²) in [5.74, 6) is -1.53. The maximum atomic E-state index is 13.7. The second kappa shape index (κ2) is 7.65. The van der Waals surface area contributed by atoms with Crippen LogP contribution in [0.2, 0.25) is 0 Å². The molecule has 0 saturated heterocycles. The van der Waals surface area contributed by atoms with Gasteiger partial charge in [-0.05, 0) is 31.5 Å². The van der Waals surface area contributed by atoms with Crippen molar-refractivity contribution in [2.24, 2.45) is 0 Å². The number of halogens is 2. The summed E-state index contributed by atoms with van der Waals surface area (Å²) in [4.78, 5) is 12.3. The number of benzene rings is 1. The fourth-order valence-electron chi connectivity index (χ4n) is 2.09. The van der Waals surface area contributed by atoms with Crippen LogP contribution in [0, 0.1) is 11.6 Å². The zero-order chi connectivity index (χ0) is 17.0. The molecule has 0 amide bonds. The highest BCUT2D eigenvalue weighted by molar-refractivity contribution is 8.00. The summed E-state index contributed by atoms with van der Waals surface area (Å²) in [6.45, 7) is 3.90. The van der Waals surface area contributed by atoms with Crippen LogP contribution in [-0.4, -0.2) is 30.9 Å². The van der Waals surface area contributed by atoms with Crippen molar-refractivity contribution in [1.29, 1.82) is 0 Å². The number of carbonyl (C=O) groups excluding carboxylic acids is 1. The number of Topliss-reactive ketones (excluding diaryl/α,β-unsaturated/α-hetero) is 1. The highest BCUT2D eigenvalue weighted by Gasteiger charge is 2.23. The Bertz CT molecular complexity index is 706. The molecule has 1 atom stereocenters. The summed E-state index contributed by atoms with van der Waals surface area (Å²) in [6.07, 6.45) is 0.805. The first-order chi connectivity index (χ1) is 11.0. The fraction of sp³-hybridized carbons (Fsp3) is 0.400. The summed E-state index contributed by atoms with van der Waals surface area (Å²) >= 11 is 1.10. The number of aromatic nitrogens is 3. The van der Waals surface area contributed by atoms with E-state index >= 15 is 0 Å². The molecule has 1 heterocycles. The Labute approximate surface area is 136 Å². The van der Waals surface area contributed by atoms with Crippen molar-refractivity contribution >= 4 is 17.5 Å². The fourth-order valence-corrected chi connectivity index (χ4v) is 3.05. The largest absolute Gasteiger partial charge is 0.388 e. The van der Waals surface area contributed by atoms with E-state index in [0.29, 0.717) is 17.5 Å². The predicted octanol–water partition coefficient (Wildman–Crippen LogP) is 2.82. The Morgan fingerprint density at radius 1 is 1.39 bits per heavy atom. The van der Waals surface area contributed by atoms with E-state index in [-0.39, 0.29) is 12.2 Å². The molecule has 2 rings (SSSR count). The predicted molar refractivity (Wildman–Crippen MR) is 82.2 cm³/mol. The van der Waals surface area contributed by atoms with E-state index in [0.717, 1.165) is 36.4 Å². The first-order valence-electron chi connectivity index (χ1n) is 7.16. The van der Waals surface area contributed by atoms with E-state index < -0.39 is 22.7 Å². The quantitative estimate of drug-likeness (QED) is 0.619. The first kappa shape index (κ1) is 17.6.